The third kappa shape index (κ3) is 5.37. The van der Waals surface area contributed by atoms with Gasteiger partial charge in [0.25, 0.3) is 0 Å². The molecule has 0 N–H and O–H groups in total. The summed E-state index contributed by atoms with van der Waals surface area (Å²) < 4.78 is 14.0. The second-order valence-electron chi connectivity index (χ2n) is 6.86. The average molecular weight is 410 g/mol. The molecule has 0 atom stereocenters. The molecule has 0 unspecified atom stereocenters. The number of hydrogen-bond acceptors (Lipinski definition) is 4. The molecule has 0 saturated carbocycles. The number of benzene rings is 2. The van der Waals surface area contributed by atoms with E-state index in [2.05, 4.69) is 16.5 Å². The van der Waals surface area contributed by atoms with Gasteiger partial charge in [-0.05, 0) is 25.1 Å². The Morgan fingerprint density at radius 3 is 2.55 bits per heavy atom. The Labute approximate surface area is 174 Å². The first-order chi connectivity index (χ1) is 14.0. The SMILES string of the molecule is C=CCN(Cc1csc(N(C(C)=O)c2ccc(C)cc2)n1)Cc1ccccc1F. The Balaban J connectivity index is 1.79. The number of hydrogen-bond donors (Lipinski definition) is 0. The molecule has 0 fully saturated rings. The van der Waals surface area contributed by atoms with Crippen molar-refractivity contribution in [1.29, 1.82) is 0 Å². The fraction of sp³-hybridized carbons (Fsp3) is 0.217. The highest BCUT2D eigenvalue weighted by Crippen LogP contribution is 2.29. The lowest BCUT2D eigenvalue weighted by atomic mass is 10.2. The number of carbonyl (C=O) groups excluding carboxylic acids is 1. The number of nitrogens with zero attached hydrogens (tertiary/aromatic N) is 3. The van der Waals surface area contributed by atoms with Crippen molar-refractivity contribution in [1.82, 2.24) is 9.88 Å². The van der Waals surface area contributed by atoms with Crippen molar-refractivity contribution >= 4 is 28.1 Å². The highest BCUT2D eigenvalue weighted by atomic mass is 32.1. The average Bonchev–Trinajstić information content (AvgIpc) is 3.13. The monoisotopic (exact) mass is 409 g/mol. The molecule has 150 valence electrons. The fourth-order valence-electron chi connectivity index (χ4n) is 3.06. The first-order valence-electron chi connectivity index (χ1n) is 9.36. The largest absolute Gasteiger partial charge is 0.289 e. The van der Waals surface area contributed by atoms with Gasteiger partial charge in [-0.1, -0.05) is 42.0 Å². The molecule has 0 spiro atoms. The van der Waals surface area contributed by atoms with Crippen LogP contribution in [0.5, 0.6) is 0 Å². The van der Waals surface area contributed by atoms with Crippen LogP contribution < -0.4 is 4.90 Å². The molecule has 3 aromatic rings. The van der Waals surface area contributed by atoms with Crippen molar-refractivity contribution in [3.05, 3.63) is 89.2 Å². The van der Waals surface area contributed by atoms with Crippen LogP contribution in [0.2, 0.25) is 0 Å². The Hall–Kier alpha value is -2.83. The van der Waals surface area contributed by atoms with Crippen LogP contribution in [0, 0.1) is 12.7 Å². The van der Waals surface area contributed by atoms with Gasteiger partial charge in [-0.15, -0.1) is 17.9 Å². The Morgan fingerprint density at radius 1 is 1.17 bits per heavy atom. The van der Waals surface area contributed by atoms with Crippen LogP contribution in [-0.4, -0.2) is 22.3 Å². The van der Waals surface area contributed by atoms with E-state index in [4.69, 9.17) is 0 Å². The van der Waals surface area contributed by atoms with Crippen molar-refractivity contribution in [2.24, 2.45) is 0 Å². The van der Waals surface area contributed by atoms with E-state index in [1.807, 2.05) is 42.6 Å². The molecule has 3 rings (SSSR count). The van der Waals surface area contributed by atoms with E-state index >= 15 is 0 Å². The lowest BCUT2D eigenvalue weighted by molar-refractivity contribution is -0.115. The van der Waals surface area contributed by atoms with E-state index in [9.17, 15) is 9.18 Å². The summed E-state index contributed by atoms with van der Waals surface area (Å²) in [7, 11) is 0. The number of aromatic nitrogens is 1. The van der Waals surface area contributed by atoms with E-state index < -0.39 is 0 Å². The molecule has 0 aliphatic carbocycles. The number of anilines is 2. The highest BCUT2D eigenvalue weighted by Gasteiger charge is 2.19. The van der Waals surface area contributed by atoms with Crippen LogP contribution >= 0.6 is 11.3 Å². The summed E-state index contributed by atoms with van der Waals surface area (Å²) in [5, 5.41) is 2.57. The molecule has 6 heteroatoms. The Kier molecular flexibility index (Phi) is 6.90. The molecule has 29 heavy (non-hydrogen) atoms. The van der Waals surface area contributed by atoms with Gasteiger partial charge < -0.3 is 0 Å². The smallest absolute Gasteiger partial charge is 0.230 e. The first kappa shape index (κ1) is 20.9. The Bertz CT molecular complexity index is 984. The van der Waals surface area contributed by atoms with E-state index in [-0.39, 0.29) is 11.7 Å². The maximum atomic E-state index is 14.0. The van der Waals surface area contributed by atoms with Crippen molar-refractivity contribution in [3.63, 3.8) is 0 Å². The van der Waals surface area contributed by atoms with Gasteiger partial charge in [0.05, 0.1) is 11.4 Å². The minimum absolute atomic E-state index is 0.0935. The zero-order valence-corrected chi connectivity index (χ0v) is 17.5. The van der Waals surface area contributed by atoms with E-state index in [0.29, 0.717) is 30.3 Å². The normalized spacial score (nSPS) is 10.9. The first-order valence-corrected chi connectivity index (χ1v) is 10.2. The zero-order valence-electron chi connectivity index (χ0n) is 16.6. The van der Waals surface area contributed by atoms with Crippen molar-refractivity contribution in [3.8, 4) is 0 Å². The van der Waals surface area contributed by atoms with Gasteiger partial charge in [0.15, 0.2) is 5.13 Å². The number of aryl methyl sites for hydroxylation is 1. The zero-order chi connectivity index (χ0) is 20.8. The third-order valence-corrected chi connectivity index (χ3v) is 5.34. The van der Waals surface area contributed by atoms with E-state index in [1.54, 1.807) is 23.1 Å². The molecule has 2 aromatic carbocycles. The molecule has 0 saturated heterocycles. The molecule has 1 amide bonds. The number of amides is 1. The quantitative estimate of drug-likeness (QED) is 0.463. The van der Waals surface area contributed by atoms with E-state index in [0.717, 1.165) is 16.9 Å². The minimum atomic E-state index is -0.220. The summed E-state index contributed by atoms with van der Waals surface area (Å²) >= 11 is 1.42. The van der Waals surface area contributed by atoms with Crippen LogP contribution in [0.3, 0.4) is 0 Å². The van der Waals surface area contributed by atoms with Gasteiger partial charge in [0.2, 0.25) is 5.91 Å². The summed E-state index contributed by atoms with van der Waals surface area (Å²) in [5.41, 5.74) is 3.39. The van der Waals surface area contributed by atoms with Gasteiger partial charge in [-0.25, -0.2) is 9.37 Å². The summed E-state index contributed by atoms with van der Waals surface area (Å²) in [6.07, 6.45) is 1.79. The number of carbonyl (C=O) groups is 1. The summed E-state index contributed by atoms with van der Waals surface area (Å²) in [4.78, 5) is 20.6. The lowest BCUT2D eigenvalue weighted by Crippen LogP contribution is -2.24. The van der Waals surface area contributed by atoms with Crippen LogP contribution in [0.1, 0.15) is 23.7 Å². The number of thiazole rings is 1. The maximum absolute atomic E-state index is 14.0. The number of halogens is 1. The van der Waals surface area contributed by atoms with Crippen LogP contribution in [0.25, 0.3) is 0 Å². The van der Waals surface area contributed by atoms with Crippen LogP contribution in [0.15, 0.2) is 66.6 Å². The molecular formula is C23H24FN3OS. The standard InChI is InChI=1S/C23H24FN3OS/c1-4-13-26(14-19-7-5-6-8-22(19)24)15-20-16-29-23(25-20)27(18(3)28)21-11-9-17(2)10-12-21/h4-12,16H,1,13-15H2,2-3H3. The predicted molar refractivity (Wildman–Crippen MR) is 117 cm³/mol. The molecule has 0 bridgehead atoms. The van der Waals surface area contributed by atoms with Crippen molar-refractivity contribution < 1.29 is 9.18 Å². The van der Waals surface area contributed by atoms with Crippen LogP contribution in [0.4, 0.5) is 15.2 Å². The summed E-state index contributed by atoms with van der Waals surface area (Å²) in [6.45, 7) is 8.94. The molecule has 1 aromatic heterocycles. The molecule has 0 aliphatic rings. The van der Waals surface area contributed by atoms with Gasteiger partial charge in [-0.2, -0.15) is 0 Å². The van der Waals surface area contributed by atoms with Gasteiger partial charge in [0, 0.05) is 37.5 Å². The van der Waals surface area contributed by atoms with Crippen LogP contribution in [-0.2, 0) is 17.9 Å². The number of rotatable bonds is 8. The lowest BCUT2D eigenvalue weighted by Gasteiger charge is -2.20. The fourth-order valence-corrected chi connectivity index (χ4v) is 3.93. The highest BCUT2D eigenvalue weighted by molar-refractivity contribution is 7.14. The molecule has 1 heterocycles. The molecule has 0 radical (unpaired) electrons. The minimum Gasteiger partial charge on any atom is -0.289 e. The third-order valence-electron chi connectivity index (χ3n) is 4.46. The maximum Gasteiger partial charge on any atom is 0.230 e. The molecular weight excluding hydrogens is 385 g/mol. The van der Waals surface area contributed by atoms with Crippen molar-refractivity contribution in [2.75, 3.05) is 11.4 Å². The van der Waals surface area contributed by atoms with Crippen molar-refractivity contribution in [2.45, 2.75) is 26.9 Å². The van der Waals surface area contributed by atoms with Gasteiger partial charge in [0.1, 0.15) is 5.82 Å². The van der Waals surface area contributed by atoms with Gasteiger partial charge in [-0.3, -0.25) is 14.6 Å². The predicted octanol–water partition coefficient (Wildman–Crippen LogP) is 5.46. The summed E-state index contributed by atoms with van der Waals surface area (Å²) in [6, 6.07) is 14.5. The van der Waals surface area contributed by atoms with E-state index in [1.165, 1.54) is 24.3 Å². The summed E-state index contributed by atoms with van der Waals surface area (Å²) in [5.74, 6) is -0.313. The topological polar surface area (TPSA) is 36.4 Å². The Morgan fingerprint density at radius 2 is 1.90 bits per heavy atom. The second kappa shape index (κ2) is 9.58. The van der Waals surface area contributed by atoms with Gasteiger partial charge >= 0.3 is 0 Å². The second-order valence-corrected chi connectivity index (χ2v) is 7.70. The molecule has 4 nitrogen and oxygen atoms in total. The molecule has 0 aliphatic heterocycles.